The highest BCUT2D eigenvalue weighted by Gasteiger charge is 2.17. The highest BCUT2D eigenvalue weighted by molar-refractivity contribution is 9.10. The van der Waals surface area contributed by atoms with Crippen molar-refractivity contribution in [2.45, 2.75) is 11.8 Å². The fraction of sp³-hybridized carbons (Fsp3) is 0.333. The van der Waals surface area contributed by atoms with Gasteiger partial charge in [-0.05, 0) is 34.5 Å². The maximum absolute atomic E-state index is 11.8. The lowest BCUT2D eigenvalue weighted by Crippen LogP contribution is -2.29. The summed E-state index contributed by atoms with van der Waals surface area (Å²) in [6.07, 6.45) is 0. The van der Waals surface area contributed by atoms with E-state index in [-0.39, 0.29) is 18.0 Å². The van der Waals surface area contributed by atoms with Gasteiger partial charge >= 0.3 is 0 Å². The molecule has 0 saturated carbocycles. The molecule has 1 aromatic carbocycles. The van der Waals surface area contributed by atoms with Crippen LogP contribution in [0.15, 0.2) is 27.6 Å². The van der Waals surface area contributed by atoms with Crippen molar-refractivity contribution < 1.29 is 8.42 Å². The highest BCUT2D eigenvalue weighted by Crippen LogP contribution is 2.24. The van der Waals surface area contributed by atoms with E-state index >= 15 is 0 Å². The van der Waals surface area contributed by atoms with Gasteiger partial charge in [0.15, 0.2) is 0 Å². The number of rotatable bonds is 4. The van der Waals surface area contributed by atoms with Gasteiger partial charge in [-0.3, -0.25) is 0 Å². The van der Waals surface area contributed by atoms with E-state index in [2.05, 4.69) is 20.7 Å². The number of benzene rings is 1. The van der Waals surface area contributed by atoms with Crippen molar-refractivity contribution in [2.75, 3.05) is 13.1 Å². The summed E-state index contributed by atoms with van der Waals surface area (Å²) in [5.41, 5.74) is 6.12. The summed E-state index contributed by atoms with van der Waals surface area (Å²) in [5, 5.41) is 0. The zero-order valence-electron chi connectivity index (χ0n) is 8.33. The molecule has 0 heterocycles. The molecule has 1 rings (SSSR count). The summed E-state index contributed by atoms with van der Waals surface area (Å²) < 4.78 is 26.5. The fourth-order valence-electron chi connectivity index (χ4n) is 1.10. The van der Waals surface area contributed by atoms with Gasteiger partial charge in [-0.15, -0.1) is 0 Å². The van der Waals surface area contributed by atoms with E-state index in [1.165, 1.54) is 0 Å². The minimum absolute atomic E-state index is 0.239. The van der Waals surface area contributed by atoms with Crippen molar-refractivity contribution in [3.63, 3.8) is 0 Å². The largest absolute Gasteiger partial charge is 0.329 e. The molecule has 0 aliphatic carbocycles. The van der Waals surface area contributed by atoms with Crippen LogP contribution in [0.4, 0.5) is 0 Å². The van der Waals surface area contributed by atoms with E-state index in [4.69, 9.17) is 5.73 Å². The van der Waals surface area contributed by atoms with Gasteiger partial charge in [-0.25, -0.2) is 13.1 Å². The summed E-state index contributed by atoms with van der Waals surface area (Å²) in [6.45, 7) is 2.36. The monoisotopic (exact) mass is 292 g/mol. The van der Waals surface area contributed by atoms with E-state index < -0.39 is 10.0 Å². The summed E-state index contributed by atoms with van der Waals surface area (Å²) in [7, 11) is -3.45. The molecule has 0 aliphatic rings. The van der Waals surface area contributed by atoms with Crippen LogP contribution in [0.2, 0.25) is 0 Å². The molecule has 0 aromatic heterocycles. The number of aryl methyl sites for hydroxylation is 1. The number of sulfonamides is 1. The third kappa shape index (κ3) is 3.01. The van der Waals surface area contributed by atoms with Gasteiger partial charge in [0, 0.05) is 17.6 Å². The van der Waals surface area contributed by atoms with Crippen LogP contribution in [0.25, 0.3) is 0 Å². The SMILES string of the molecule is Cc1cccc(S(=O)(=O)NCCN)c1Br. The fourth-order valence-corrected chi connectivity index (χ4v) is 3.20. The minimum atomic E-state index is -3.45. The van der Waals surface area contributed by atoms with E-state index in [9.17, 15) is 8.42 Å². The minimum Gasteiger partial charge on any atom is -0.329 e. The third-order valence-electron chi connectivity index (χ3n) is 1.88. The smallest absolute Gasteiger partial charge is 0.241 e. The predicted octanol–water partition coefficient (Wildman–Crippen LogP) is 0.995. The van der Waals surface area contributed by atoms with E-state index in [0.717, 1.165) is 5.56 Å². The lowest BCUT2D eigenvalue weighted by atomic mass is 10.2. The number of hydrogen-bond acceptors (Lipinski definition) is 3. The standard InChI is InChI=1S/C9H13BrN2O2S/c1-7-3-2-4-8(9(7)10)15(13,14)12-6-5-11/h2-4,12H,5-6,11H2,1H3. The molecule has 0 bridgehead atoms. The molecule has 0 fully saturated rings. The molecule has 3 N–H and O–H groups in total. The Morgan fingerprint density at radius 3 is 2.73 bits per heavy atom. The zero-order chi connectivity index (χ0) is 11.5. The maximum Gasteiger partial charge on any atom is 0.241 e. The first kappa shape index (κ1) is 12.6. The molecule has 0 spiro atoms. The van der Waals surface area contributed by atoms with Crippen LogP contribution in [0.3, 0.4) is 0 Å². The average Bonchev–Trinajstić information content (AvgIpc) is 2.19. The number of halogens is 1. The highest BCUT2D eigenvalue weighted by atomic mass is 79.9. The van der Waals surface area contributed by atoms with E-state index in [1.807, 2.05) is 13.0 Å². The molecule has 0 radical (unpaired) electrons. The average molecular weight is 293 g/mol. The Kier molecular flexibility index (Phi) is 4.27. The lowest BCUT2D eigenvalue weighted by Gasteiger charge is -2.08. The molecule has 6 heteroatoms. The van der Waals surface area contributed by atoms with Crippen LogP contribution < -0.4 is 10.5 Å². The van der Waals surface area contributed by atoms with Crippen molar-refractivity contribution >= 4 is 26.0 Å². The second kappa shape index (κ2) is 5.07. The van der Waals surface area contributed by atoms with Crippen LogP contribution in [-0.2, 0) is 10.0 Å². The molecule has 0 aliphatic heterocycles. The van der Waals surface area contributed by atoms with Crippen molar-refractivity contribution in [1.82, 2.24) is 4.72 Å². The third-order valence-corrected chi connectivity index (χ3v) is 4.70. The molecular weight excluding hydrogens is 280 g/mol. The molecular formula is C9H13BrN2O2S. The lowest BCUT2D eigenvalue weighted by molar-refractivity contribution is 0.581. The first-order valence-electron chi connectivity index (χ1n) is 4.44. The van der Waals surface area contributed by atoms with Crippen LogP contribution >= 0.6 is 15.9 Å². The molecule has 0 unspecified atom stereocenters. The molecule has 1 aromatic rings. The number of hydrogen-bond donors (Lipinski definition) is 2. The number of nitrogens with one attached hydrogen (secondary N) is 1. The van der Waals surface area contributed by atoms with E-state index in [0.29, 0.717) is 4.47 Å². The van der Waals surface area contributed by atoms with Gasteiger partial charge in [0.2, 0.25) is 10.0 Å². The number of nitrogens with two attached hydrogens (primary N) is 1. The topological polar surface area (TPSA) is 72.2 Å². The predicted molar refractivity (Wildman–Crippen MR) is 63.1 cm³/mol. The quantitative estimate of drug-likeness (QED) is 0.869. The summed E-state index contributed by atoms with van der Waals surface area (Å²) in [5.74, 6) is 0. The van der Waals surface area contributed by atoms with Gasteiger partial charge in [0.05, 0.1) is 4.90 Å². The van der Waals surface area contributed by atoms with Crippen LogP contribution in [0.5, 0.6) is 0 Å². The van der Waals surface area contributed by atoms with Crippen molar-refractivity contribution in [3.8, 4) is 0 Å². The first-order valence-corrected chi connectivity index (χ1v) is 6.71. The van der Waals surface area contributed by atoms with Crippen LogP contribution in [0, 0.1) is 6.92 Å². The Bertz CT molecular complexity index is 445. The van der Waals surface area contributed by atoms with E-state index in [1.54, 1.807) is 12.1 Å². The van der Waals surface area contributed by atoms with Gasteiger partial charge in [-0.1, -0.05) is 12.1 Å². The Morgan fingerprint density at radius 1 is 1.47 bits per heavy atom. The van der Waals surface area contributed by atoms with Crippen molar-refractivity contribution in [3.05, 3.63) is 28.2 Å². The molecule has 84 valence electrons. The molecule has 0 saturated heterocycles. The summed E-state index contributed by atoms with van der Waals surface area (Å²) >= 11 is 3.26. The normalized spacial score (nSPS) is 11.7. The second-order valence-electron chi connectivity index (χ2n) is 3.07. The van der Waals surface area contributed by atoms with Gasteiger partial charge < -0.3 is 5.73 Å². The molecule has 0 atom stereocenters. The molecule has 0 amide bonds. The summed E-state index contributed by atoms with van der Waals surface area (Å²) in [4.78, 5) is 0.246. The Labute approximate surface area is 98.0 Å². The van der Waals surface area contributed by atoms with Gasteiger partial charge in [0.25, 0.3) is 0 Å². The Hall–Kier alpha value is -0.430. The summed E-state index contributed by atoms with van der Waals surface area (Å²) in [6, 6.07) is 5.10. The molecule has 4 nitrogen and oxygen atoms in total. The van der Waals surface area contributed by atoms with Crippen LogP contribution in [0.1, 0.15) is 5.56 Å². The Balaban J connectivity index is 3.10. The molecule has 15 heavy (non-hydrogen) atoms. The van der Waals surface area contributed by atoms with Gasteiger partial charge in [-0.2, -0.15) is 0 Å². The van der Waals surface area contributed by atoms with Crippen molar-refractivity contribution in [1.29, 1.82) is 0 Å². The first-order chi connectivity index (χ1) is 6.99. The Morgan fingerprint density at radius 2 is 2.13 bits per heavy atom. The van der Waals surface area contributed by atoms with Gasteiger partial charge in [0.1, 0.15) is 0 Å². The van der Waals surface area contributed by atoms with Crippen molar-refractivity contribution in [2.24, 2.45) is 5.73 Å². The second-order valence-corrected chi connectivity index (χ2v) is 5.60. The van der Waals surface area contributed by atoms with Crippen LogP contribution in [-0.4, -0.2) is 21.5 Å². The zero-order valence-corrected chi connectivity index (χ0v) is 10.7. The maximum atomic E-state index is 11.8.